The van der Waals surface area contributed by atoms with Crippen LogP contribution in [0.3, 0.4) is 0 Å². The molecule has 0 aliphatic heterocycles. The number of fused-ring (bicyclic) bond motifs is 1. The Bertz CT molecular complexity index is 615. The number of aryl methyl sites for hydroxylation is 3. The summed E-state index contributed by atoms with van der Waals surface area (Å²) in [7, 11) is 2.05. The molecule has 0 bridgehead atoms. The molecule has 1 heterocycles. The highest BCUT2D eigenvalue weighted by Crippen LogP contribution is 2.39. The van der Waals surface area contributed by atoms with E-state index in [2.05, 4.69) is 36.9 Å². The number of nitrogens with zero attached hydrogens (tertiary/aromatic N) is 2. The summed E-state index contributed by atoms with van der Waals surface area (Å²) in [6.45, 7) is 4.22. The van der Waals surface area contributed by atoms with Gasteiger partial charge in [0.1, 0.15) is 0 Å². The van der Waals surface area contributed by atoms with Crippen molar-refractivity contribution in [3.63, 3.8) is 0 Å². The minimum atomic E-state index is -0.322. The quantitative estimate of drug-likeness (QED) is 0.910. The van der Waals surface area contributed by atoms with Crippen molar-refractivity contribution in [1.82, 2.24) is 4.98 Å². The minimum absolute atomic E-state index is 0.322. The zero-order chi connectivity index (χ0) is 14.3. The maximum atomic E-state index is 10.1. The number of benzene rings is 1. The van der Waals surface area contributed by atoms with Gasteiger partial charge in [0.05, 0.1) is 16.7 Å². The highest BCUT2D eigenvalue weighted by molar-refractivity contribution is 7.15. The summed E-state index contributed by atoms with van der Waals surface area (Å²) in [6.07, 6.45) is 2.56. The predicted octanol–water partition coefficient (Wildman–Crippen LogP) is 3.90. The normalized spacial score (nSPS) is 17.9. The molecule has 0 saturated heterocycles. The summed E-state index contributed by atoms with van der Waals surface area (Å²) in [5, 5.41) is 11.0. The molecule has 1 N–H and O–H groups in total. The Morgan fingerprint density at radius 3 is 2.60 bits per heavy atom. The SMILES string of the molecule is Cc1cc(C)cc(N(C)c2nc3c(s2)C(O)CCC3)c1. The van der Waals surface area contributed by atoms with Gasteiger partial charge in [-0.25, -0.2) is 4.98 Å². The van der Waals surface area contributed by atoms with E-state index in [1.807, 2.05) is 7.05 Å². The minimum Gasteiger partial charge on any atom is -0.388 e. The fourth-order valence-corrected chi connectivity index (χ4v) is 3.90. The molecule has 3 rings (SSSR count). The summed E-state index contributed by atoms with van der Waals surface area (Å²) in [5.41, 5.74) is 4.75. The number of thiazole rings is 1. The van der Waals surface area contributed by atoms with Gasteiger partial charge < -0.3 is 10.0 Å². The number of aliphatic hydroxyl groups excluding tert-OH is 1. The maximum absolute atomic E-state index is 10.1. The highest BCUT2D eigenvalue weighted by atomic mass is 32.1. The molecule has 1 aliphatic rings. The van der Waals surface area contributed by atoms with Crippen molar-refractivity contribution in [1.29, 1.82) is 0 Å². The second-order valence-corrected chi connectivity index (χ2v) is 6.63. The first-order valence-electron chi connectivity index (χ1n) is 7.04. The summed E-state index contributed by atoms with van der Waals surface area (Å²) in [5.74, 6) is 0. The molecule has 1 unspecified atom stereocenters. The van der Waals surface area contributed by atoms with Gasteiger partial charge in [0.2, 0.25) is 0 Å². The lowest BCUT2D eigenvalue weighted by molar-refractivity contribution is 0.160. The van der Waals surface area contributed by atoms with Gasteiger partial charge >= 0.3 is 0 Å². The molecule has 106 valence electrons. The van der Waals surface area contributed by atoms with E-state index in [1.165, 1.54) is 11.1 Å². The van der Waals surface area contributed by atoms with E-state index in [0.29, 0.717) is 0 Å². The van der Waals surface area contributed by atoms with E-state index in [9.17, 15) is 5.11 Å². The molecule has 0 amide bonds. The third-order valence-corrected chi connectivity index (χ3v) is 5.07. The van der Waals surface area contributed by atoms with E-state index in [4.69, 9.17) is 4.98 Å². The molecule has 1 aromatic heterocycles. The molecule has 20 heavy (non-hydrogen) atoms. The van der Waals surface area contributed by atoms with Gasteiger partial charge in [-0.2, -0.15) is 0 Å². The van der Waals surface area contributed by atoms with Gasteiger partial charge in [0.25, 0.3) is 0 Å². The molecule has 0 radical (unpaired) electrons. The number of hydrogen-bond acceptors (Lipinski definition) is 4. The van der Waals surface area contributed by atoms with Crippen molar-refractivity contribution in [3.05, 3.63) is 39.9 Å². The summed E-state index contributed by atoms with van der Waals surface area (Å²) in [6, 6.07) is 6.52. The Kier molecular flexibility index (Phi) is 3.52. The lowest BCUT2D eigenvalue weighted by atomic mass is 10.0. The first-order valence-corrected chi connectivity index (χ1v) is 7.86. The van der Waals surface area contributed by atoms with Crippen LogP contribution in [0.4, 0.5) is 10.8 Å². The van der Waals surface area contributed by atoms with Gasteiger partial charge in [-0.3, -0.25) is 0 Å². The number of aromatic nitrogens is 1. The van der Waals surface area contributed by atoms with Crippen LogP contribution in [-0.2, 0) is 6.42 Å². The fourth-order valence-electron chi connectivity index (χ4n) is 2.78. The molecular formula is C16H20N2OS. The Morgan fingerprint density at radius 1 is 1.25 bits per heavy atom. The third-order valence-electron chi connectivity index (χ3n) is 3.79. The Morgan fingerprint density at radius 2 is 1.95 bits per heavy atom. The van der Waals surface area contributed by atoms with Crippen LogP contribution in [0.2, 0.25) is 0 Å². The standard InChI is InChI=1S/C16H20N2OS/c1-10-7-11(2)9-12(8-10)18(3)16-17-13-5-4-6-14(19)15(13)20-16/h7-9,14,19H,4-6H2,1-3H3. The Labute approximate surface area is 123 Å². The molecule has 2 aromatic rings. The van der Waals surface area contributed by atoms with Crippen molar-refractivity contribution in [2.24, 2.45) is 0 Å². The highest BCUT2D eigenvalue weighted by Gasteiger charge is 2.24. The zero-order valence-electron chi connectivity index (χ0n) is 12.2. The maximum Gasteiger partial charge on any atom is 0.190 e. The number of rotatable bonds is 2. The molecule has 1 atom stereocenters. The van der Waals surface area contributed by atoms with Crippen LogP contribution in [-0.4, -0.2) is 17.1 Å². The van der Waals surface area contributed by atoms with Crippen LogP contribution in [0, 0.1) is 13.8 Å². The second kappa shape index (κ2) is 5.19. The van der Waals surface area contributed by atoms with Crippen molar-refractivity contribution in [2.75, 3.05) is 11.9 Å². The first-order chi connectivity index (χ1) is 9.54. The second-order valence-electron chi connectivity index (χ2n) is 5.62. The molecule has 1 aliphatic carbocycles. The van der Waals surface area contributed by atoms with Gasteiger partial charge in [-0.05, 0) is 56.4 Å². The van der Waals surface area contributed by atoms with Gasteiger partial charge in [0.15, 0.2) is 5.13 Å². The largest absolute Gasteiger partial charge is 0.388 e. The van der Waals surface area contributed by atoms with Crippen molar-refractivity contribution in [3.8, 4) is 0 Å². The number of aliphatic hydroxyl groups is 1. The van der Waals surface area contributed by atoms with E-state index < -0.39 is 0 Å². The summed E-state index contributed by atoms with van der Waals surface area (Å²) < 4.78 is 0. The first kappa shape index (κ1) is 13.6. The third kappa shape index (κ3) is 2.45. The molecule has 0 saturated carbocycles. The lowest BCUT2D eigenvalue weighted by Crippen LogP contribution is -2.10. The van der Waals surface area contributed by atoms with Gasteiger partial charge in [-0.15, -0.1) is 0 Å². The van der Waals surface area contributed by atoms with E-state index in [1.54, 1.807) is 11.3 Å². The Balaban J connectivity index is 1.96. The molecule has 1 aromatic carbocycles. The summed E-state index contributed by atoms with van der Waals surface area (Å²) >= 11 is 1.62. The molecule has 4 heteroatoms. The van der Waals surface area contributed by atoms with Gasteiger partial charge in [-0.1, -0.05) is 17.4 Å². The monoisotopic (exact) mass is 288 g/mol. The topological polar surface area (TPSA) is 36.4 Å². The number of anilines is 2. The summed E-state index contributed by atoms with van der Waals surface area (Å²) in [4.78, 5) is 7.90. The van der Waals surface area contributed by atoms with Crippen LogP contribution >= 0.6 is 11.3 Å². The van der Waals surface area contributed by atoms with Crippen LogP contribution < -0.4 is 4.90 Å². The van der Waals surface area contributed by atoms with Crippen molar-refractivity contribution in [2.45, 2.75) is 39.2 Å². The van der Waals surface area contributed by atoms with E-state index in [-0.39, 0.29) is 6.10 Å². The van der Waals surface area contributed by atoms with Crippen LogP contribution in [0.15, 0.2) is 18.2 Å². The van der Waals surface area contributed by atoms with Crippen LogP contribution in [0.25, 0.3) is 0 Å². The number of hydrogen-bond donors (Lipinski definition) is 1. The fraction of sp³-hybridized carbons (Fsp3) is 0.438. The molecule has 0 spiro atoms. The smallest absolute Gasteiger partial charge is 0.190 e. The van der Waals surface area contributed by atoms with Crippen molar-refractivity contribution >= 4 is 22.2 Å². The van der Waals surface area contributed by atoms with Gasteiger partial charge in [0, 0.05) is 12.7 Å². The van der Waals surface area contributed by atoms with Crippen LogP contribution in [0.1, 0.15) is 40.6 Å². The molecular weight excluding hydrogens is 268 g/mol. The van der Waals surface area contributed by atoms with E-state index in [0.717, 1.165) is 40.7 Å². The average molecular weight is 288 g/mol. The molecule has 0 fully saturated rings. The van der Waals surface area contributed by atoms with E-state index >= 15 is 0 Å². The predicted molar refractivity (Wildman–Crippen MR) is 84.0 cm³/mol. The lowest BCUT2D eigenvalue weighted by Gasteiger charge is -2.17. The van der Waals surface area contributed by atoms with Crippen LogP contribution in [0.5, 0.6) is 0 Å². The molecule has 3 nitrogen and oxygen atoms in total. The average Bonchev–Trinajstić information content (AvgIpc) is 2.82. The zero-order valence-corrected chi connectivity index (χ0v) is 13.0. The Hall–Kier alpha value is -1.39. The van der Waals surface area contributed by atoms with Crippen molar-refractivity contribution < 1.29 is 5.11 Å².